The Morgan fingerprint density at radius 2 is 0.900 bits per heavy atom. The van der Waals surface area contributed by atoms with Gasteiger partial charge in [0, 0.05) is 40.1 Å². The van der Waals surface area contributed by atoms with Gasteiger partial charge in [-0.25, -0.2) is 9.97 Å². The van der Waals surface area contributed by atoms with Crippen molar-refractivity contribution in [3.05, 3.63) is 222 Å². The van der Waals surface area contributed by atoms with E-state index in [0.717, 1.165) is 84.5 Å². The summed E-state index contributed by atoms with van der Waals surface area (Å²) in [5, 5.41) is 0. The van der Waals surface area contributed by atoms with Gasteiger partial charge in [-0.05, 0) is 64.7 Å². The van der Waals surface area contributed by atoms with Gasteiger partial charge in [0.2, 0.25) is 0 Å². The summed E-state index contributed by atoms with van der Waals surface area (Å²) in [7, 11) is 0. The summed E-state index contributed by atoms with van der Waals surface area (Å²) >= 11 is 0. The third-order valence-electron chi connectivity index (χ3n) is 12.7. The van der Waals surface area contributed by atoms with Gasteiger partial charge < -0.3 is 9.64 Å². The van der Waals surface area contributed by atoms with E-state index in [1.54, 1.807) is 0 Å². The molecule has 0 amide bonds. The van der Waals surface area contributed by atoms with Gasteiger partial charge in [-0.3, -0.25) is 9.97 Å². The van der Waals surface area contributed by atoms with E-state index in [1.165, 1.54) is 11.1 Å². The minimum Gasteiger partial charge on any atom is -0.454 e. The van der Waals surface area contributed by atoms with Gasteiger partial charge in [0.1, 0.15) is 5.75 Å². The average Bonchev–Trinajstić information content (AvgIpc) is 3.60. The first-order valence-electron chi connectivity index (χ1n) is 20.4. The lowest BCUT2D eigenvalue weighted by Gasteiger charge is -2.44. The number of anilines is 3. The lowest BCUT2D eigenvalue weighted by Crippen LogP contribution is -2.34. The Bertz CT molecular complexity index is 3030. The highest BCUT2D eigenvalue weighted by atomic mass is 16.5. The highest BCUT2D eigenvalue weighted by Crippen LogP contribution is 2.65. The van der Waals surface area contributed by atoms with Gasteiger partial charge in [-0.2, -0.15) is 0 Å². The first kappa shape index (κ1) is 34.4. The maximum Gasteiger partial charge on any atom is 0.164 e. The van der Waals surface area contributed by atoms with E-state index in [-0.39, 0.29) is 5.41 Å². The Morgan fingerprint density at radius 3 is 1.48 bits per heavy atom. The summed E-state index contributed by atoms with van der Waals surface area (Å²) in [5.41, 5.74) is 15.0. The molecule has 60 heavy (non-hydrogen) atoms. The van der Waals surface area contributed by atoms with Crippen molar-refractivity contribution in [1.82, 2.24) is 19.9 Å². The molecule has 3 aliphatic rings. The van der Waals surface area contributed by atoms with Crippen molar-refractivity contribution in [2.75, 3.05) is 4.90 Å². The Hall–Kier alpha value is -7.70. The monoisotopic (exact) mass is 771 g/mol. The second kappa shape index (κ2) is 12.9. The molecule has 0 unspecified atom stereocenters. The van der Waals surface area contributed by atoms with Gasteiger partial charge in [0.15, 0.2) is 11.6 Å². The lowest BCUT2D eigenvalue weighted by atomic mass is 9.66. The third-order valence-corrected chi connectivity index (χ3v) is 12.7. The molecule has 6 nitrogen and oxygen atoms in total. The number of hydrogen-bond acceptors (Lipinski definition) is 6. The van der Waals surface area contributed by atoms with Crippen LogP contribution in [0, 0.1) is 0 Å². The fraction of sp³-hybridized carbons (Fsp3) is 0.0741. The van der Waals surface area contributed by atoms with Crippen LogP contribution in [0.25, 0.3) is 45.3 Å². The molecule has 0 bridgehead atoms. The summed E-state index contributed by atoms with van der Waals surface area (Å²) in [4.78, 5) is 23.1. The highest BCUT2D eigenvalue weighted by Gasteiger charge is 2.54. The Kier molecular flexibility index (Phi) is 7.39. The predicted molar refractivity (Wildman–Crippen MR) is 238 cm³/mol. The van der Waals surface area contributed by atoms with Gasteiger partial charge in [0.25, 0.3) is 0 Å². The number of rotatable bonds is 4. The first-order chi connectivity index (χ1) is 29.5. The van der Waals surface area contributed by atoms with Crippen molar-refractivity contribution >= 4 is 17.1 Å². The smallest absolute Gasteiger partial charge is 0.164 e. The maximum absolute atomic E-state index is 7.57. The summed E-state index contributed by atoms with van der Waals surface area (Å²) < 4.78 is 7.57. The molecule has 12 rings (SSSR count). The van der Waals surface area contributed by atoms with Crippen LogP contribution in [0.1, 0.15) is 47.2 Å². The van der Waals surface area contributed by atoms with Crippen molar-refractivity contribution in [2.45, 2.75) is 24.7 Å². The van der Waals surface area contributed by atoms with Crippen LogP contribution in [-0.2, 0) is 10.8 Å². The van der Waals surface area contributed by atoms with E-state index >= 15 is 0 Å². The predicted octanol–water partition coefficient (Wildman–Crippen LogP) is 12.8. The van der Waals surface area contributed by atoms with Gasteiger partial charge in [-0.15, -0.1) is 0 Å². The summed E-state index contributed by atoms with van der Waals surface area (Å²) in [6.07, 6.45) is 3.73. The number of aromatic nitrogens is 4. The number of fused-ring (bicyclic) bond motifs is 11. The fourth-order valence-electron chi connectivity index (χ4n) is 10.00. The number of hydrogen-bond donors (Lipinski definition) is 0. The number of ether oxygens (including phenoxy) is 1. The SMILES string of the molecule is CC1(C)c2ccccc2N(c2cccc3c2Oc2c(-c4nc(-c5ccccc5)cc(-c5ccccc5)n4)cccc2C32c3cccnc3-c3ncccc32)c2ccccc21. The molecular formula is C54H37N5O. The maximum atomic E-state index is 7.57. The topological polar surface area (TPSA) is 64.0 Å². The van der Waals surface area contributed by atoms with E-state index in [0.29, 0.717) is 11.6 Å². The Balaban J connectivity index is 1.18. The molecule has 1 spiro atoms. The first-order valence-corrected chi connectivity index (χ1v) is 20.4. The molecule has 0 saturated carbocycles. The molecule has 284 valence electrons. The molecule has 0 radical (unpaired) electrons. The Morgan fingerprint density at radius 1 is 0.433 bits per heavy atom. The van der Waals surface area contributed by atoms with Gasteiger partial charge in [-0.1, -0.05) is 147 Å². The molecule has 0 fully saturated rings. The van der Waals surface area contributed by atoms with Crippen molar-refractivity contribution in [3.63, 3.8) is 0 Å². The minimum absolute atomic E-state index is 0.224. The molecule has 6 aromatic carbocycles. The van der Waals surface area contributed by atoms with E-state index in [2.05, 4.69) is 146 Å². The largest absolute Gasteiger partial charge is 0.454 e. The van der Waals surface area contributed by atoms with Gasteiger partial charge in [0.05, 0.1) is 50.8 Å². The van der Waals surface area contributed by atoms with Crippen LogP contribution in [0.5, 0.6) is 11.5 Å². The van der Waals surface area contributed by atoms with Crippen molar-refractivity contribution in [1.29, 1.82) is 0 Å². The second-order valence-corrected chi connectivity index (χ2v) is 16.2. The highest BCUT2D eigenvalue weighted by molar-refractivity contribution is 5.93. The van der Waals surface area contributed by atoms with Crippen LogP contribution in [-0.4, -0.2) is 19.9 Å². The molecule has 0 saturated heterocycles. The van der Waals surface area contributed by atoms with Gasteiger partial charge >= 0.3 is 0 Å². The molecule has 2 aliphatic heterocycles. The molecule has 0 N–H and O–H groups in total. The molecule has 6 heteroatoms. The quantitative estimate of drug-likeness (QED) is 0.178. The fourth-order valence-corrected chi connectivity index (χ4v) is 10.00. The van der Waals surface area contributed by atoms with E-state index in [1.807, 2.05) is 60.9 Å². The number of pyridine rings is 2. The summed E-state index contributed by atoms with van der Waals surface area (Å²) in [6.45, 7) is 4.63. The number of nitrogens with zero attached hydrogens (tertiary/aromatic N) is 5. The lowest BCUT2D eigenvalue weighted by molar-refractivity contribution is 0.438. The summed E-state index contributed by atoms with van der Waals surface area (Å²) in [6, 6.07) is 61.7. The van der Waals surface area contributed by atoms with E-state index in [4.69, 9.17) is 24.7 Å². The van der Waals surface area contributed by atoms with Crippen LogP contribution in [0.15, 0.2) is 188 Å². The third kappa shape index (κ3) is 4.76. The number of para-hydroxylation sites is 4. The number of benzene rings is 6. The van der Waals surface area contributed by atoms with Crippen LogP contribution in [0.2, 0.25) is 0 Å². The Labute approximate surface area is 348 Å². The zero-order valence-electron chi connectivity index (χ0n) is 33.0. The van der Waals surface area contributed by atoms with E-state index < -0.39 is 5.41 Å². The molecule has 1 aliphatic carbocycles. The summed E-state index contributed by atoms with van der Waals surface area (Å²) in [5.74, 6) is 2.04. The molecular weight excluding hydrogens is 735 g/mol. The molecule has 0 atom stereocenters. The standard InChI is InChI=1S/C54H37N5O/c1-53(2)37-22-9-11-28-45(37)59(46-29-12-10-23-38(46)53)47-30-14-25-42-51(47)60-50-36(52-57-43(34-17-5-3-6-18-34)33-44(58-52)35-19-7-4-8-20-35)21-13-24-41(50)54(42)39-26-15-31-55-48(39)49-40(54)27-16-32-56-49/h3-33H,1-2H3. The average molecular weight is 772 g/mol. The van der Waals surface area contributed by atoms with Crippen molar-refractivity contribution in [2.24, 2.45) is 0 Å². The second-order valence-electron chi connectivity index (χ2n) is 16.2. The zero-order valence-corrected chi connectivity index (χ0v) is 33.0. The normalized spacial score (nSPS) is 14.5. The molecule has 9 aromatic rings. The minimum atomic E-state index is -0.824. The van der Waals surface area contributed by atoms with E-state index in [9.17, 15) is 0 Å². The van der Waals surface area contributed by atoms with Crippen molar-refractivity contribution in [3.8, 4) is 56.8 Å². The van der Waals surface area contributed by atoms with Crippen LogP contribution < -0.4 is 9.64 Å². The van der Waals surface area contributed by atoms with Crippen LogP contribution in [0.3, 0.4) is 0 Å². The van der Waals surface area contributed by atoms with Crippen LogP contribution >= 0.6 is 0 Å². The zero-order chi connectivity index (χ0) is 40.0. The van der Waals surface area contributed by atoms with Crippen molar-refractivity contribution < 1.29 is 4.74 Å². The molecule has 3 aromatic heterocycles. The van der Waals surface area contributed by atoms with Crippen LogP contribution in [0.4, 0.5) is 17.1 Å². The molecule has 5 heterocycles.